The zero-order chi connectivity index (χ0) is 37.1. The summed E-state index contributed by atoms with van der Waals surface area (Å²) in [6.45, 7) is 6.35. The Bertz CT molecular complexity index is 1420. The summed E-state index contributed by atoms with van der Waals surface area (Å²) in [4.78, 5) is 31.2. The lowest BCUT2D eigenvalue weighted by atomic mass is 9.75. The second-order valence-electron chi connectivity index (χ2n) is 10.6. The van der Waals surface area contributed by atoms with E-state index in [9.17, 15) is 35.9 Å². The van der Waals surface area contributed by atoms with Gasteiger partial charge in [0.05, 0.1) is 24.6 Å². The van der Waals surface area contributed by atoms with Crippen molar-refractivity contribution >= 4 is 29.8 Å². The average Bonchev–Trinajstić information content (AvgIpc) is 3.03. The van der Waals surface area contributed by atoms with Crippen LogP contribution in [0.15, 0.2) is 48.5 Å². The number of likely N-dealkylation sites (tertiary alicyclic amines) is 1. The number of hydrogen-bond donors (Lipinski definition) is 1. The third-order valence-electron chi connectivity index (χ3n) is 7.43. The maximum Gasteiger partial charge on any atom is 0.401 e. The van der Waals surface area contributed by atoms with E-state index < -0.39 is 43.6 Å². The van der Waals surface area contributed by atoms with Gasteiger partial charge < -0.3 is 20.0 Å². The maximum atomic E-state index is 12.8. The van der Waals surface area contributed by atoms with Crippen molar-refractivity contribution < 1.29 is 50.2 Å². The molecule has 268 valence electrons. The monoisotopic (exact) mass is 688 g/mol. The largest absolute Gasteiger partial charge is 0.495 e. The average molecular weight is 689 g/mol. The number of methoxy groups -OCH3 is 2. The minimum absolute atomic E-state index is 0.187. The summed E-state index contributed by atoms with van der Waals surface area (Å²) in [5.74, 6) is 0.643. The molecule has 7 nitrogen and oxygen atoms in total. The van der Waals surface area contributed by atoms with Gasteiger partial charge in [0.15, 0.2) is 6.29 Å². The molecule has 13 heteroatoms. The minimum Gasteiger partial charge on any atom is -0.495 e. The van der Waals surface area contributed by atoms with Crippen LogP contribution in [0, 0.1) is 19.3 Å². The molecule has 0 atom stereocenters. The fourth-order valence-corrected chi connectivity index (χ4v) is 5.19. The van der Waals surface area contributed by atoms with Crippen LogP contribution in [-0.2, 0) is 14.3 Å². The number of piperidine rings is 1. The number of halogens is 6. The van der Waals surface area contributed by atoms with Crippen molar-refractivity contribution in [3.8, 4) is 16.9 Å². The van der Waals surface area contributed by atoms with Crippen LogP contribution >= 0.6 is 0 Å². The molecule has 1 aliphatic rings. The van der Waals surface area contributed by atoms with E-state index in [0.717, 1.165) is 27.9 Å². The third kappa shape index (κ3) is 12.6. The van der Waals surface area contributed by atoms with Gasteiger partial charge in [0.1, 0.15) is 12.0 Å². The molecule has 0 saturated carbocycles. The summed E-state index contributed by atoms with van der Waals surface area (Å²) in [5, 5.41) is 2.39. The Kier molecular flexibility index (Phi) is 19.3. The molecule has 0 radical (unpaired) electrons. The van der Waals surface area contributed by atoms with Crippen LogP contribution in [0.2, 0.25) is 0 Å². The lowest BCUT2D eigenvalue weighted by molar-refractivity contribution is -0.241. The number of amides is 1. The number of alkyl halides is 6. The number of rotatable bonds is 6. The second-order valence-corrected chi connectivity index (χ2v) is 10.6. The molecular weight excluding hydrogens is 642 g/mol. The number of nitrogens with two attached hydrogens (primary N) is 1. The van der Waals surface area contributed by atoms with Crippen molar-refractivity contribution in [2.24, 2.45) is 11.1 Å². The number of carbonyl (C=O) groups excluding carboxylic acids is 3. The van der Waals surface area contributed by atoms with Gasteiger partial charge in [0, 0.05) is 26.2 Å². The number of fused-ring (bicyclic) bond motifs is 1. The molecule has 1 fully saturated rings. The van der Waals surface area contributed by atoms with Gasteiger partial charge in [-0.1, -0.05) is 56.3 Å². The Morgan fingerprint density at radius 3 is 1.81 bits per heavy atom. The van der Waals surface area contributed by atoms with E-state index in [0.29, 0.717) is 11.3 Å². The van der Waals surface area contributed by atoms with Gasteiger partial charge >= 0.3 is 12.4 Å². The van der Waals surface area contributed by atoms with Gasteiger partial charge in [-0.3, -0.25) is 14.5 Å². The summed E-state index contributed by atoms with van der Waals surface area (Å²) in [6.07, 6.45) is -9.31. The second kappa shape index (κ2) is 21.1. The Morgan fingerprint density at radius 2 is 1.35 bits per heavy atom. The maximum absolute atomic E-state index is 12.8. The number of ether oxygens (including phenoxy) is 2. The van der Waals surface area contributed by atoms with E-state index in [1.54, 1.807) is 27.4 Å². The van der Waals surface area contributed by atoms with Crippen LogP contribution < -0.4 is 10.5 Å². The molecule has 4 rings (SSSR count). The lowest BCUT2D eigenvalue weighted by Crippen LogP contribution is -2.50. The number of hydrogen-bond acceptors (Lipinski definition) is 6. The van der Waals surface area contributed by atoms with Crippen molar-refractivity contribution in [3.05, 3.63) is 65.2 Å². The van der Waals surface area contributed by atoms with E-state index in [2.05, 4.69) is 53.8 Å². The number of primary amides is 1. The molecule has 0 unspecified atom stereocenters. The minimum atomic E-state index is -4.56. The van der Waals surface area contributed by atoms with E-state index in [-0.39, 0.29) is 25.8 Å². The summed E-state index contributed by atoms with van der Waals surface area (Å²) < 4.78 is 84.6. The molecule has 1 saturated heterocycles. The number of nitrogens with zero attached hydrogens (tertiary/aromatic N) is 1. The smallest absolute Gasteiger partial charge is 0.401 e. The van der Waals surface area contributed by atoms with Crippen molar-refractivity contribution in [2.75, 3.05) is 41.0 Å². The van der Waals surface area contributed by atoms with Crippen molar-refractivity contribution in [1.82, 2.24) is 4.90 Å². The van der Waals surface area contributed by atoms with Gasteiger partial charge in [-0.2, -0.15) is 26.3 Å². The highest BCUT2D eigenvalue weighted by atomic mass is 19.4. The fraction of sp³-hybridized carbons (Fsp3) is 0.457. The molecule has 2 N–H and O–H groups in total. The highest BCUT2D eigenvalue weighted by molar-refractivity contribution is 6.01. The zero-order valence-electron chi connectivity index (χ0n) is 28.4. The predicted molar refractivity (Wildman–Crippen MR) is 176 cm³/mol. The first-order valence-electron chi connectivity index (χ1n) is 15.1. The molecule has 1 aliphatic heterocycles. The van der Waals surface area contributed by atoms with Gasteiger partial charge in [-0.05, 0) is 73.3 Å². The zero-order valence-corrected chi connectivity index (χ0v) is 28.4. The van der Waals surface area contributed by atoms with Crippen molar-refractivity contribution in [2.45, 2.75) is 59.3 Å². The molecule has 0 bridgehead atoms. The lowest BCUT2D eigenvalue weighted by Gasteiger charge is -2.42. The summed E-state index contributed by atoms with van der Waals surface area (Å²) in [7, 11) is 4.86. The molecule has 3 aromatic rings. The molecule has 0 spiro atoms. The predicted octanol–water partition coefficient (Wildman–Crippen LogP) is 8.12. The fourth-order valence-electron chi connectivity index (χ4n) is 5.19. The van der Waals surface area contributed by atoms with Crippen LogP contribution in [0.1, 0.15) is 54.6 Å². The number of aryl methyl sites for hydroxylation is 2. The van der Waals surface area contributed by atoms with Gasteiger partial charge in [-0.25, -0.2) is 0 Å². The number of aldehydes is 2. The number of benzene rings is 3. The Labute approximate surface area is 278 Å². The molecule has 3 aromatic carbocycles. The Balaban J connectivity index is 0.000000768. The Morgan fingerprint density at radius 1 is 0.833 bits per heavy atom. The van der Waals surface area contributed by atoms with Gasteiger partial charge in [0.25, 0.3) is 0 Å². The Hall–Kier alpha value is -3.97. The quantitative estimate of drug-likeness (QED) is 0.208. The molecule has 0 aromatic heterocycles. The normalized spacial score (nSPS) is 13.9. The molecule has 48 heavy (non-hydrogen) atoms. The topological polar surface area (TPSA) is 98.9 Å². The SMILES string of the molecule is CC.COC.COc1c(C=O)ccc(C)c1-c1cccc2c(C)cccc12.NC=O.O=CCC1(C(F)(F)F)CCN(CC(F)(F)F)CC1. The van der Waals surface area contributed by atoms with Crippen LogP contribution in [0.4, 0.5) is 26.3 Å². The van der Waals surface area contributed by atoms with Crippen molar-refractivity contribution in [3.63, 3.8) is 0 Å². The van der Waals surface area contributed by atoms with Gasteiger partial charge in [0.2, 0.25) is 6.41 Å². The molecule has 1 amide bonds. The molecule has 0 aliphatic carbocycles. The first kappa shape index (κ1) is 44.0. The van der Waals surface area contributed by atoms with Crippen LogP contribution in [-0.4, -0.2) is 77.2 Å². The van der Waals surface area contributed by atoms with Crippen LogP contribution in [0.5, 0.6) is 5.75 Å². The molecule has 1 heterocycles. The standard InChI is InChI=1S/C20H18O2.C10H13F6NO.C2H6O.C2H6.CH3NO/c1-13-6-4-8-17-16(13)7-5-9-18(17)19-14(2)10-11-15(12-21)20(19)22-3;11-9(12,13)7-17-4-1-8(2-5-17,3-6-18)10(14,15)16;1-3-2;1-2;2-1-3/h4-12H,1-3H3;6H,1-5,7H2;1-2H3;1-2H3;1H,(H2,2,3). The first-order chi connectivity index (χ1) is 22.6. The third-order valence-corrected chi connectivity index (χ3v) is 7.43. The van der Waals surface area contributed by atoms with Crippen molar-refractivity contribution in [1.29, 1.82) is 0 Å². The van der Waals surface area contributed by atoms with E-state index >= 15 is 0 Å². The molecular formula is C35H46F6N2O5. The van der Waals surface area contributed by atoms with Crippen LogP contribution in [0.25, 0.3) is 21.9 Å². The van der Waals surface area contributed by atoms with Crippen LogP contribution in [0.3, 0.4) is 0 Å². The van der Waals surface area contributed by atoms with E-state index in [1.807, 2.05) is 26.8 Å². The van der Waals surface area contributed by atoms with E-state index in [4.69, 9.17) is 9.53 Å². The highest BCUT2D eigenvalue weighted by Crippen LogP contribution is 2.48. The van der Waals surface area contributed by atoms with Gasteiger partial charge in [-0.15, -0.1) is 0 Å². The summed E-state index contributed by atoms with van der Waals surface area (Å²) >= 11 is 0. The summed E-state index contributed by atoms with van der Waals surface area (Å²) in [6, 6.07) is 16.3. The number of carbonyl (C=O) groups is 3. The first-order valence-corrected chi connectivity index (χ1v) is 15.1. The summed E-state index contributed by atoms with van der Waals surface area (Å²) in [5.41, 5.74) is 7.01. The highest BCUT2D eigenvalue weighted by Gasteiger charge is 2.55. The van der Waals surface area contributed by atoms with E-state index in [1.165, 1.54) is 16.3 Å².